The first-order valence-corrected chi connectivity index (χ1v) is 7.29. The minimum Gasteiger partial charge on any atom is -0.482 e. The van der Waals surface area contributed by atoms with Crippen molar-refractivity contribution in [2.45, 2.75) is 13.0 Å². The molecule has 0 saturated heterocycles. The number of para-hydroxylation sites is 2. The Balaban J connectivity index is 1.85. The van der Waals surface area contributed by atoms with Crippen LogP contribution in [0.15, 0.2) is 35.8 Å². The average molecular weight is 303 g/mol. The van der Waals surface area contributed by atoms with E-state index in [0.29, 0.717) is 16.6 Å². The predicted molar refractivity (Wildman–Crippen MR) is 79.6 cm³/mol. The molecule has 0 aliphatic carbocycles. The number of nitrogens with one attached hydrogen (secondary N) is 1. The lowest BCUT2D eigenvalue weighted by Crippen LogP contribution is -2.49. The number of thiazole rings is 1. The molecule has 1 N–H and O–H groups in total. The Hall–Kier alpha value is -2.41. The summed E-state index contributed by atoms with van der Waals surface area (Å²) in [4.78, 5) is 29.9. The van der Waals surface area contributed by atoms with Gasteiger partial charge in [0.15, 0.2) is 11.7 Å². The first-order valence-electron chi connectivity index (χ1n) is 6.41. The van der Waals surface area contributed by atoms with Gasteiger partial charge in [-0.15, -0.1) is 11.3 Å². The second kappa shape index (κ2) is 5.53. The zero-order valence-corrected chi connectivity index (χ0v) is 12.1. The van der Waals surface area contributed by atoms with Gasteiger partial charge in [0.1, 0.15) is 11.8 Å². The maximum absolute atomic E-state index is 12.3. The lowest BCUT2D eigenvalue weighted by molar-refractivity contribution is -0.125. The highest BCUT2D eigenvalue weighted by molar-refractivity contribution is 7.13. The molecule has 2 heterocycles. The van der Waals surface area contributed by atoms with Crippen LogP contribution in [-0.2, 0) is 9.59 Å². The molecule has 21 heavy (non-hydrogen) atoms. The summed E-state index contributed by atoms with van der Waals surface area (Å²) < 4.78 is 5.37. The average Bonchev–Trinajstić information content (AvgIpc) is 2.99. The summed E-state index contributed by atoms with van der Waals surface area (Å²) in [6.07, 6.45) is 1.61. The number of fused-ring (bicyclic) bond motifs is 1. The van der Waals surface area contributed by atoms with Crippen LogP contribution in [0.2, 0.25) is 0 Å². The van der Waals surface area contributed by atoms with E-state index in [9.17, 15) is 9.59 Å². The second-order valence-corrected chi connectivity index (χ2v) is 5.42. The highest BCUT2D eigenvalue weighted by Gasteiger charge is 2.33. The van der Waals surface area contributed by atoms with Crippen LogP contribution < -0.4 is 15.0 Å². The Morgan fingerprint density at radius 1 is 1.48 bits per heavy atom. The van der Waals surface area contributed by atoms with Crippen LogP contribution in [0.25, 0.3) is 0 Å². The van der Waals surface area contributed by atoms with Gasteiger partial charge in [0.05, 0.1) is 5.69 Å². The van der Waals surface area contributed by atoms with Crippen LogP contribution in [0.4, 0.5) is 10.8 Å². The Kier molecular flexibility index (Phi) is 3.57. The maximum atomic E-state index is 12.3. The molecular formula is C14H13N3O3S. The number of ether oxygens (including phenoxy) is 1. The van der Waals surface area contributed by atoms with Gasteiger partial charge in [0.25, 0.3) is 5.91 Å². The summed E-state index contributed by atoms with van der Waals surface area (Å²) in [6.45, 7) is 1.62. The smallest absolute Gasteiger partial charge is 0.265 e. The summed E-state index contributed by atoms with van der Waals surface area (Å²) in [5.41, 5.74) is 0.607. The van der Waals surface area contributed by atoms with Crippen molar-refractivity contribution in [3.05, 3.63) is 35.8 Å². The number of rotatable bonds is 3. The number of aromatic nitrogens is 1. The van der Waals surface area contributed by atoms with Gasteiger partial charge in [0.2, 0.25) is 5.91 Å². The largest absolute Gasteiger partial charge is 0.482 e. The van der Waals surface area contributed by atoms with E-state index in [2.05, 4.69) is 10.3 Å². The third-order valence-electron chi connectivity index (χ3n) is 3.17. The molecule has 3 rings (SSSR count). The van der Waals surface area contributed by atoms with Crippen molar-refractivity contribution in [3.63, 3.8) is 0 Å². The van der Waals surface area contributed by atoms with Gasteiger partial charge in [-0.05, 0) is 19.1 Å². The SMILES string of the molecule is C[C@H](C(=O)Nc1nccs1)N1C(=O)COc2ccccc21. The fraction of sp³-hybridized carbons (Fsp3) is 0.214. The van der Waals surface area contributed by atoms with Crippen molar-refractivity contribution < 1.29 is 14.3 Å². The monoisotopic (exact) mass is 303 g/mol. The Bertz CT molecular complexity index is 672. The first kappa shape index (κ1) is 13.6. The molecular weight excluding hydrogens is 290 g/mol. The van der Waals surface area contributed by atoms with Gasteiger partial charge in [0, 0.05) is 11.6 Å². The second-order valence-electron chi connectivity index (χ2n) is 4.52. The molecule has 1 aromatic carbocycles. The quantitative estimate of drug-likeness (QED) is 0.940. The topological polar surface area (TPSA) is 71.5 Å². The number of hydrogen-bond donors (Lipinski definition) is 1. The van der Waals surface area contributed by atoms with E-state index < -0.39 is 6.04 Å². The third kappa shape index (κ3) is 2.59. The van der Waals surface area contributed by atoms with Gasteiger partial charge in [-0.1, -0.05) is 12.1 Å². The summed E-state index contributed by atoms with van der Waals surface area (Å²) >= 11 is 1.33. The van der Waals surface area contributed by atoms with Crippen LogP contribution in [0.1, 0.15) is 6.92 Å². The van der Waals surface area contributed by atoms with Crippen LogP contribution >= 0.6 is 11.3 Å². The Labute approximate surface area is 125 Å². The molecule has 0 radical (unpaired) electrons. The summed E-state index contributed by atoms with van der Waals surface area (Å²) in [6, 6.07) is 6.53. The van der Waals surface area contributed by atoms with Crippen molar-refractivity contribution in [2.24, 2.45) is 0 Å². The molecule has 2 aromatic rings. The number of carbonyl (C=O) groups excluding carboxylic acids is 2. The molecule has 1 aliphatic rings. The zero-order chi connectivity index (χ0) is 14.8. The van der Waals surface area contributed by atoms with E-state index in [1.54, 1.807) is 36.7 Å². The molecule has 1 aromatic heterocycles. The molecule has 2 amide bonds. The third-order valence-corrected chi connectivity index (χ3v) is 3.86. The number of carbonyl (C=O) groups is 2. The number of hydrogen-bond acceptors (Lipinski definition) is 5. The van der Waals surface area contributed by atoms with Gasteiger partial charge in [-0.3, -0.25) is 14.5 Å². The summed E-state index contributed by atoms with van der Waals surface area (Å²) in [5.74, 6) is 0.0801. The predicted octanol–water partition coefficient (Wildman–Crippen LogP) is 1.90. The van der Waals surface area contributed by atoms with Gasteiger partial charge in [-0.25, -0.2) is 4.98 Å². The normalized spacial score (nSPS) is 15.1. The standard InChI is InChI=1S/C14H13N3O3S/c1-9(13(19)16-14-15-6-7-21-14)17-10-4-2-3-5-11(10)20-8-12(17)18/h2-7,9H,8H2,1H3,(H,15,16,19)/t9-/m1/s1. The zero-order valence-electron chi connectivity index (χ0n) is 11.3. The van der Waals surface area contributed by atoms with Gasteiger partial charge < -0.3 is 10.1 Å². The van der Waals surface area contributed by atoms with Crippen LogP contribution in [-0.4, -0.2) is 29.4 Å². The van der Waals surface area contributed by atoms with Crippen LogP contribution in [0, 0.1) is 0 Å². The van der Waals surface area contributed by atoms with E-state index in [4.69, 9.17) is 4.74 Å². The highest BCUT2D eigenvalue weighted by Crippen LogP contribution is 2.33. The molecule has 108 valence electrons. The van der Waals surface area contributed by atoms with E-state index in [-0.39, 0.29) is 18.4 Å². The van der Waals surface area contributed by atoms with E-state index in [0.717, 1.165) is 0 Å². The first-order chi connectivity index (χ1) is 10.2. The minimum absolute atomic E-state index is 0.0636. The molecule has 0 spiro atoms. The molecule has 1 aliphatic heterocycles. The Morgan fingerprint density at radius 2 is 2.29 bits per heavy atom. The van der Waals surface area contributed by atoms with Crippen molar-refractivity contribution in [1.82, 2.24) is 4.98 Å². The number of amides is 2. The molecule has 0 fully saturated rings. The number of nitrogens with zero attached hydrogens (tertiary/aromatic N) is 2. The van der Waals surface area contributed by atoms with Crippen molar-refractivity contribution in [1.29, 1.82) is 0 Å². The number of benzene rings is 1. The fourth-order valence-electron chi connectivity index (χ4n) is 2.16. The van der Waals surface area contributed by atoms with E-state index in [1.165, 1.54) is 16.2 Å². The number of anilines is 2. The molecule has 0 bridgehead atoms. The molecule has 0 saturated carbocycles. The molecule has 1 atom stereocenters. The summed E-state index contributed by atoms with van der Waals surface area (Å²) in [7, 11) is 0. The van der Waals surface area contributed by atoms with E-state index in [1.807, 2.05) is 6.07 Å². The Morgan fingerprint density at radius 3 is 3.05 bits per heavy atom. The van der Waals surface area contributed by atoms with Crippen molar-refractivity contribution in [3.8, 4) is 5.75 Å². The lowest BCUT2D eigenvalue weighted by atomic mass is 10.1. The maximum Gasteiger partial charge on any atom is 0.265 e. The molecule has 0 unspecified atom stereocenters. The van der Waals surface area contributed by atoms with Crippen LogP contribution in [0.5, 0.6) is 5.75 Å². The molecule has 7 heteroatoms. The molecule has 6 nitrogen and oxygen atoms in total. The van der Waals surface area contributed by atoms with E-state index >= 15 is 0 Å². The van der Waals surface area contributed by atoms with Crippen molar-refractivity contribution >= 4 is 34.0 Å². The fourth-order valence-corrected chi connectivity index (χ4v) is 2.69. The van der Waals surface area contributed by atoms with Gasteiger partial charge in [-0.2, -0.15) is 0 Å². The van der Waals surface area contributed by atoms with Crippen molar-refractivity contribution in [2.75, 3.05) is 16.8 Å². The van der Waals surface area contributed by atoms with Crippen LogP contribution in [0.3, 0.4) is 0 Å². The minimum atomic E-state index is -0.647. The van der Waals surface area contributed by atoms with Gasteiger partial charge >= 0.3 is 0 Å². The summed E-state index contributed by atoms with van der Waals surface area (Å²) in [5, 5.41) is 4.99. The highest BCUT2D eigenvalue weighted by atomic mass is 32.1. The lowest BCUT2D eigenvalue weighted by Gasteiger charge is -2.33.